The number of nitrogens with one attached hydrogen (secondary N) is 1. The van der Waals surface area contributed by atoms with Gasteiger partial charge >= 0.3 is 0 Å². The quantitative estimate of drug-likeness (QED) is 0.738. The van der Waals surface area contributed by atoms with Crippen LogP contribution >= 0.6 is 27.5 Å². The number of halogens is 2. The van der Waals surface area contributed by atoms with Crippen LogP contribution < -0.4 is 5.32 Å². The summed E-state index contributed by atoms with van der Waals surface area (Å²) >= 11 is 9.51. The molecule has 1 N–H and O–H groups in total. The lowest BCUT2D eigenvalue weighted by molar-refractivity contribution is 0.865. The maximum atomic E-state index is 6.10. The van der Waals surface area contributed by atoms with Gasteiger partial charge in [-0.2, -0.15) is 0 Å². The summed E-state index contributed by atoms with van der Waals surface area (Å²) in [6, 6.07) is 14.5. The highest BCUT2D eigenvalue weighted by Gasteiger charge is 2.05. The van der Waals surface area contributed by atoms with Gasteiger partial charge in [-0.1, -0.05) is 49.7 Å². The Labute approximate surface area is 128 Å². The van der Waals surface area contributed by atoms with E-state index in [2.05, 4.69) is 65.4 Å². The zero-order valence-corrected chi connectivity index (χ0v) is 13.4. The van der Waals surface area contributed by atoms with Crippen molar-refractivity contribution in [2.75, 3.05) is 5.32 Å². The Morgan fingerprint density at radius 3 is 2.58 bits per heavy atom. The zero-order chi connectivity index (χ0) is 13.8. The van der Waals surface area contributed by atoms with Crippen LogP contribution in [-0.4, -0.2) is 0 Å². The largest absolute Gasteiger partial charge is 0.381 e. The van der Waals surface area contributed by atoms with Crippen molar-refractivity contribution < 1.29 is 0 Å². The molecule has 0 saturated heterocycles. The van der Waals surface area contributed by atoms with Gasteiger partial charge in [-0.25, -0.2) is 0 Å². The zero-order valence-electron chi connectivity index (χ0n) is 11.1. The van der Waals surface area contributed by atoms with Gasteiger partial charge in [0.15, 0.2) is 0 Å². The smallest absolute Gasteiger partial charge is 0.0551 e. The molecule has 0 heterocycles. The van der Waals surface area contributed by atoms with E-state index in [9.17, 15) is 0 Å². The second-order valence-electron chi connectivity index (χ2n) is 4.84. The van der Waals surface area contributed by atoms with Crippen molar-refractivity contribution in [2.24, 2.45) is 0 Å². The van der Waals surface area contributed by atoms with Crippen LogP contribution in [0.25, 0.3) is 0 Å². The maximum absolute atomic E-state index is 6.10. The second-order valence-corrected chi connectivity index (χ2v) is 6.11. The number of hydrogen-bond acceptors (Lipinski definition) is 1. The van der Waals surface area contributed by atoms with E-state index < -0.39 is 0 Å². The molecule has 0 saturated carbocycles. The minimum Gasteiger partial charge on any atom is -0.381 e. The van der Waals surface area contributed by atoms with Crippen molar-refractivity contribution in [3.05, 3.63) is 63.1 Å². The number of rotatable bonds is 4. The molecule has 0 radical (unpaired) electrons. The number of benzene rings is 2. The van der Waals surface area contributed by atoms with Crippen LogP contribution in [0.15, 0.2) is 46.9 Å². The Balaban J connectivity index is 2.12. The molecule has 0 atom stereocenters. The third-order valence-corrected chi connectivity index (χ3v) is 4.28. The average Bonchev–Trinajstić information content (AvgIpc) is 2.40. The van der Waals surface area contributed by atoms with Gasteiger partial charge in [0.05, 0.1) is 5.02 Å². The summed E-state index contributed by atoms with van der Waals surface area (Å²) in [5.74, 6) is 0.511. The van der Waals surface area contributed by atoms with Crippen LogP contribution in [0.4, 0.5) is 5.69 Å². The minimum absolute atomic E-state index is 0.511. The summed E-state index contributed by atoms with van der Waals surface area (Å²) in [5, 5.41) is 4.23. The van der Waals surface area contributed by atoms with E-state index >= 15 is 0 Å². The fourth-order valence-electron chi connectivity index (χ4n) is 2.01. The lowest BCUT2D eigenvalue weighted by Gasteiger charge is -2.14. The number of hydrogen-bond donors (Lipinski definition) is 1. The normalized spacial score (nSPS) is 10.8. The second kappa shape index (κ2) is 6.44. The lowest BCUT2D eigenvalue weighted by Crippen LogP contribution is -2.03. The molecule has 2 aromatic rings. The Bertz CT molecular complexity index is 566. The molecule has 0 unspecified atom stereocenters. The van der Waals surface area contributed by atoms with E-state index in [1.54, 1.807) is 0 Å². The average molecular weight is 339 g/mol. The van der Waals surface area contributed by atoms with Gasteiger partial charge in [0.2, 0.25) is 0 Å². The summed E-state index contributed by atoms with van der Waals surface area (Å²) < 4.78 is 0.931. The molecule has 0 bridgehead atoms. The van der Waals surface area contributed by atoms with Crippen molar-refractivity contribution in [3.8, 4) is 0 Å². The monoisotopic (exact) mass is 337 g/mol. The summed E-state index contributed by atoms with van der Waals surface area (Å²) in [4.78, 5) is 0. The first-order chi connectivity index (χ1) is 9.08. The first kappa shape index (κ1) is 14.4. The van der Waals surface area contributed by atoms with Gasteiger partial charge in [0, 0.05) is 16.7 Å². The Morgan fingerprint density at radius 2 is 1.89 bits per heavy atom. The SMILES string of the molecule is CC(C)c1ccccc1NCc1ccc(Br)c(Cl)c1. The summed E-state index contributed by atoms with van der Waals surface area (Å²) in [7, 11) is 0. The molecule has 0 spiro atoms. The van der Waals surface area contributed by atoms with Crippen molar-refractivity contribution in [3.63, 3.8) is 0 Å². The molecule has 2 rings (SSSR count). The van der Waals surface area contributed by atoms with E-state index in [1.807, 2.05) is 12.1 Å². The molecule has 0 aromatic heterocycles. The van der Waals surface area contributed by atoms with Gasteiger partial charge in [-0.15, -0.1) is 0 Å². The molecule has 0 amide bonds. The third kappa shape index (κ3) is 3.74. The van der Waals surface area contributed by atoms with Gasteiger partial charge in [0.25, 0.3) is 0 Å². The van der Waals surface area contributed by atoms with Gasteiger partial charge in [0.1, 0.15) is 0 Å². The van der Waals surface area contributed by atoms with E-state index in [0.717, 1.165) is 16.0 Å². The highest BCUT2D eigenvalue weighted by Crippen LogP contribution is 2.26. The molecule has 19 heavy (non-hydrogen) atoms. The summed E-state index contributed by atoms with van der Waals surface area (Å²) in [6.45, 7) is 5.19. The maximum Gasteiger partial charge on any atom is 0.0551 e. The standard InChI is InChI=1S/C16H17BrClN/c1-11(2)13-5-3-4-6-16(13)19-10-12-7-8-14(17)15(18)9-12/h3-9,11,19H,10H2,1-2H3. The molecule has 2 aromatic carbocycles. The van der Waals surface area contributed by atoms with Gasteiger partial charge in [-0.3, -0.25) is 0 Å². The third-order valence-electron chi connectivity index (χ3n) is 3.05. The van der Waals surface area contributed by atoms with Crippen molar-refractivity contribution in [2.45, 2.75) is 26.3 Å². The Hall–Kier alpha value is -0.990. The molecule has 100 valence electrons. The van der Waals surface area contributed by atoms with Crippen LogP contribution in [0.5, 0.6) is 0 Å². The number of anilines is 1. The van der Waals surface area contributed by atoms with E-state index in [1.165, 1.54) is 16.8 Å². The number of para-hydroxylation sites is 1. The molecule has 0 aliphatic carbocycles. The lowest BCUT2D eigenvalue weighted by atomic mass is 10.0. The van der Waals surface area contributed by atoms with Gasteiger partial charge < -0.3 is 5.32 Å². The molecular weight excluding hydrogens is 322 g/mol. The van der Waals surface area contributed by atoms with E-state index in [0.29, 0.717) is 5.92 Å². The van der Waals surface area contributed by atoms with Crippen LogP contribution in [0.3, 0.4) is 0 Å². The molecule has 1 nitrogen and oxygen atoms in total. The highest BCUT2D eigenvalue weighted by molar-refractivity contribution is 9.10. The van der Waals surface area contributed by atoms with E-state index in [-0.39, 0.29) is 0 Å². The predicted octanol–water partition coefficient (Wildman–Crippen LogP) is 5.84. The molecule has 0 aliphatic rings. The van der Waals surface area contributed by atoms with Gasteiger partial charge in [-0.05, 0) is 51.2 Å². The molecule has 0 fully saturated rings. The summed E-state index contributed by atoms with van der Waals surface area (Å²) in [5.41, 5.74) is 3.70. The molecule has 0 aliphatic heterocycles. The van der Waals surface area contributed by atoms with Crippen molar-refractivity contribution >= 4 is 33.2 Å². The predicted molar refractivity (Wildman–Crippen MR) is 87.0 cm³/mol. The first-order valence-corrected chi connectivity index (χ1v) is 7.51. The molecular formula is C16H17BrClN. The van der Waals surface area contributed by atoms with Crippen LogP contribution in [0.2, 0.25) is 5.02 Å². The Morgan fingerprint density at radius 1 is 1.16 bits per heavy atom. The van der Waals surface area contributed by atoms with Crippen LogP contribution in [0.1, 0.15) is 30.9 Å². The van der Waals surface area contributed by atoms with Crippen molar-refractivity contribution in [1.82, 2.24) is 0 Å². The van der Waals surface area contributed by atoms with Crippen LogP contribution in [0, 0.1) is 0 Å². The molecule has 3 heteroatoms. The van der Waals surface area contributed by atoms with Crippen molar-refractivity contribution in [1.29, 1.82) is 0 Å². The minimum atomic E-state index is 0.511. The Kier molecular flexibility index (Phi) is 4.89. The van der Waals surface area contributed by atoms with Crippen LogP contribution in [-0.2, 0) is 6.54 Å². The fourth-order valence-corrected chi connectivity index (χ4v) is 2.46. The summed E-state index contributed by atoms with van der Waals surface area (Å²) in [6.07, 6.45) is 0. The first-order valence-electron chi connectivity index (χ1n) is 6.34. The highest BCUT2D eigenvalue weighted by atomic mass is 79.9. The fraction of sp³-hybridized carbons (Fsp3) is 0.250. The van der Waals surface area contributed by atoms with E-state index in [4.69, 9.17) is 11.6 Å². The topological polar surface area (TPSA) is 12.0 Å².